The van der Waals surface area contributed by atoms with Crippen LogP contribution in [0.2, 0.25) is 0 Å². The number of rotatable bonds is 2. The van der Waals surface area contributed by atoms with Gasteiger partial charge in [0.15, 0.2) is 5.78 Å². The van der Waals surface area contributed by atoms with Crippen molar-refractivity contribution in [3.05, 3.63) is 108 Å². The summed E-state index contributed by atoms with van der Waals surface area (Å²) in [6.45, 7) is 0. The van der Waals surface area contributed by atoms with Gasteiger partial charge in [-0.3, -0.25) is 4.79 Å². The third-order valence-electron chi connectivity index (χ3n) is 4.98. The van der Waals surface area contributed by atoms with Gasteiger partial charge in [-0.2, -0.15) is 0 Å². The van der Waals surface area contributed by atoms with E-state index in [-0.39, 0.29) is 5.78 Å². The molecule has 0 amide bonds. The zero-order chi connectivity index (χ0) is 17.5. The second-order valence-electron chi connectivity index (χ2n) is 6.62. The predicted molar refractivity (Wildman–Crippen MR) is 109 cm³/mol. The molecule has 0 aliphatic heterocycles. The fourth-order valence-corrected chi connectivity index (χ4v) is 3.66. The molecule has 0 aliphatic carbocycles. The predicted octanol–water partition coefficient (Wildman–Crippen LogP) is 6.38. The highest BCUT2D eigenvalue weighted by atomic mass is 16.1. The van der Waals surface area contributed by atoms with E-state index in [0.717, 1.165) is 27.3 Å². The van der Waals surface area contributed by atoms with Crippen LogP contribution in [0.15, 0.2) is 97.1 Å². The van der Waals surface area contributed by atoms with E-state index in [1.807, 2.05) is 42.5 Å². The third kappa shape index (κ3) is 2.37. The van der Waals surface area contributed by atoms with Crippen molar-refractivity contribution >= 4 is 38.1 Å². The Balaban J connectivity index is 1.78. The van der Waals surface area contributed by atoms with E-state index in [1.165, 1.54) is 16.2 Å². The standard InChI is InChI=1S/C25H16O/c26-25(17-7-2-1-3-8-17)23-12-6-11-20-15-21-13-18-9-4-5-10-19(18)14-22(21)16-24(20)23/h1-16H. The molecule has 26 heavy (non-hydrogen) atoms. The monoisotopic (exact) mass is 332 g/mol. The summed E-state index contributed by atoms with van der Waals surface area (Å²) in [6.07, 6.45) is 0. The second kappa shape index (κ2) is 5.82. The van der Waals surface area contributed by atoms with Crippen molar-refractivity contribution in [1.82, 2.24) is 0 Å². The number of ketones is 1. The Hall–Kier alpha value is -3.45. The molecule has 1 nitrogen and oxygen atoms in total. The summed E-state index contributed by atoms with van der Waals surface area (Å²) < 4.78 is 0. The summed E-state index contributed by atoms with van der Waals surface area (Å²) in [5, 5.41) is 6.89. The summed E-state index contributed by atoms with van der Waals surface area (Å²) in [6, 6.07) is 32.6. The zero-order valence-corrected chi connectivity index (χ0v) is 14.1. The number of carbonyl (C=O) groups is 1. The maximum atomic E-state index is 13.0. The van der Waals surface area contributed by atoms with Crippen molar-refractivity contribution in [3.8, 4) is 0 Å². The topological polar surface area (TPSA) is 17.1 Å². The first kappa shape index (κ1) is 14.9. The number of hydrogen-bond acceptors (Lipinski definition) is 1. The van der Waals surface area contributed by atoms with E-state index in [2.05, 4.69) is 54.6 Å². The molecule has 0 bridgehead atoms. The van der Waals surface area contributed by atoms with Gasteiger partial charge in [0.1, 0.15) is 0 Å². The Morgan fingerprint density at radius 2 is 1.08 bits per heavy atom. The summed E-state index contributed by atoms with van der Waals surface area (Å²) in [5.41, 5.74) is 1.47. The van der Waals surface area contributed by atoms with Crippen LogP contribution in [0.25, 0.3) is 32.3 Å². The van der Waals surface area contributed by atoms with Gasteiger partial charge in [0.2, 0.25) is 0 Å². The van der Waals surface area contributed by atoms with Crippen molar-refractivity contribution in [2.75, 3.05) is 0 Å². The summed E-state index contributed by atoms with van der Waals surface area (Å²) in [5.74, 6) is 0.0661. The summed E-state index contributed by atoms with van der Waals surface area (Å²) in [4.78, 5) is 13.0. The van der Waals surface area contributed by atoms with Crippen LogP contribution >= 0.6 is 0 Å². The van der Waals surface area contributed by atoms with E-state index in [0.29, 0.717) is 0 Å². The van der Waals surface area contributed by atoms with Crippen LogP contribution in [-0.2, 0) is 0 Å². The maximum Gasteiger partial charge on any atom is 0.193 e. The van der Waals surface area contributed by atoms with E-state index < -0.39 is 0 Å². The normalized spacial score (nSPS) is 11.2. The van der Waals surface area contributed by atoms with Gasteiger partial charge >= 0.3 is 0 Å². The van der Waals surface area contributed by atoms with Crippen LogP contribution in [0, 0.1) is 0 Å². The number of benzene rings is 5. The molecule has 0 radical (unpaired) electrons. The fourth-order valence-electron chi connectivity index (χ4n) is 3.66. The molecule has 0 fully saturated rings. The zero-order valence-electron chi connectivity index (χ0n) is 14.1. The molecule has 0 spiro atoms. The Labute approximate surface area is 151 Å². The Bertz CT molecular complexity index is 1280. The van der Waals surface area contributed by atoms with Crippen molar-refractivity contribution in [3.63, 3.8) is 0 Å². The molecule has 5 aromatic carbocycles. The van der Waals surface area contributed by atoms with Gasteiger partial charge in [-0.15, -0.1) is 0 Å². The SMILES string of the molecule is O=C(c1ccccc1)c1cccc2cc3cc4ccccc4cc3cc12. The molecule has 0 N–H and O–H groups in total. The lowest BCUT2D eigenvalue weighted by Gasteiger charge is -2.09. The van der Waals surface area contributed by atoms with Gasteiger partial charge in [0, 0.05) is 11.1 Å². The minimum absolute atomic E-state index is 0.0661. The van der Waals surface area contributed by atoms with Crippen LogP contribution in [0.3, 0.4) is 0 Å². The molecule has 1 heteroatoms. The molecule has 0 saturated carbocycles. The van der Waals surface area contributed by atoms with E-state index >= 15 is 0 Å². The average Bonchev–Trinajstić information content (AvgIpc) is 2.70. The van der Waals surface area contributed by atoms with Crippen LogP contribution in [0.1, 0.15) is 15.9 Å². The van der Waals surface area contributed by atoms with Crippen LogP contribution in [0.4, 0.5) is 0 Å². The van der Waals surface area contributed by atoms with E-state index in [4.69, 9.17) is 0 Å². The van der Waals surface area contributed by atoms with Crippen LogP contribution in [0.5, 0.6) is 0 Å². The molecular weight excluding hydrogens is 316 g/mol. The minimum Gasteiger partial charge on any atom is -0.289 e. The summed E-state index contributed by atoms with van der Waals surface area (Å²) >= 11 is 0. The third-order valence-corrected chi connectivity index (χ3v) is 4.98. The van der Waals surface area contributed by atoms with Crippen LogP contribution in [-0.4, -0.2) is 5.78 Å². The maximum absolute atomic E-state index is 13.0. The summed E-state index contributed by atoms with van der Waals surface area (Å²) in [7, 11) is 0. The Morgan fingerprint density at radius 3 is 1.81 bits per heavy atom. The number of carbonyl (C=O) groups excluding carboxylic acids is 1. The quantitative estimate of drug-likeness (QED) is 0.271. The lowest BCUT2D eigenvalue weighted by molar-refractivity contribution is 0.104. The first-order valence-electron chi connectivity index (χ1n) is 8.75. The molecule has 5 aromatic rings. The first-order chi connectivity index (χ1) is 12.8. The van der Waals surface area contributed by atoms with Gasteiger partial charge in [-0.1, -0.05) is 72.8 Å². The number of hydrogen-bond donors (Lipinski definition) is 0. The fraction of sp³-hybridized carbons (Fsp3) is 0. The molecular formula is C25H16O. The van der Waals surface area contributed by atoms with Gasteiger partial charge in [0.25, 0.3) is 0 Å². The highest BCUT2D eigenvalue weighted by Gasteiger charge is 2.13. The van der Waals surface area contributed by atoms with Crippen molar-refractivity contribution < 1.29 is 4.79 Å². The van der Waals surface area contributed by atoms with Gasteiger partial charge in [0.05, 0.1) is 0 Å². The van der Waals surface area contributed by atoms with Crippen LogP contribution < -0.4 is 0 Å². The van der Waals surface area contributed by atoms with Crippen molar-refractivity contribution in [2.45, 2.75) is 0 Å². The van der Waals surface area contributed by atoms with Crippen molar-refractivity contribution in [2.24, 2.45) is 0 Å². The first-order valence-corrected chi connectivity index (χ1v) is 8.75. The second-order valence-corrected chi connectivity index (χ2v) is 6.62. The molecule has 122 valence electrons. The van der Waals surface area contributed by atoms with E-state index in [9.17, 15) is 4.79 Å². The molecule has 0 heterocycles. The highest BCUT2D eigenvalue weighted by Crippen LogP contribution is 2.30. The minimum atomic E-state index is 0.0661. The Kier molecular flexibility index (Phi) is 3.32. The van der Waals surface area contributed by atoms with Gasteiger partial charge < -0.3 is 0 Å². The molecule has 0 aromatic heterocycles. The molecule has 0 saturated heterocycles. The van der Waals surface area contributed by atoms with Crippen molar-refractivity contribution in [1.29, 1.82) is 0 Å². The highest BCUT2D eigenvalue weighted by molar-refractivity contribution is 6.18. The van der Waals surface area contributed by atoms with Gasteiger partial charge in [-0.25, -0.2) is 0 Å². The number of fused-ring (bicyclic) bond motifs is 3. The largest absolute Gasteiger partial charge is 0.289 e. The van der Waals surface area contributed by atoms with Gasteiger partial charge in [-0.05, 0) is 56.6 Å². The lowest BCUT2D eigenvalue weighted by Crippen LogP contribution is -2.01. The average molecular weight is 332 g/mol. The molecule has 0 aliphatic rings. The smallest absolute Gasteiger partial charge is 0.193 e. The van der Waals surface area contributed by atoms with E-state index in [1.54, 1.807) is 0 Å². The molecule has 0 atom stereocenters. The molecule has 5 rings (SSSR count). The Morgan fingerprint density at radius 1 is 0.500 bits per heavy atom. The lowest BCUT2D eigenvalue weighted by atomic mass is 9.94. The molecule has 0 unspecified atom stereocenters.